The fraction of sp³-hybridized carbons (Fsp3) is 0.222. The largest absolute Gasteiger partial charge is 0.373 e. The summed E-state index contributed by atoms with van der Waals surface area (Å²) in [5, 5.41) is 3.13. The van der Waals surface area contributed by atoms with E-state index in [1.807, 2.05) is 31.2 Å². The maximum absolute atomic E-state index is 13.9. The molecule has 5 heteroatoms. The minimum Gasteiger partial charge on any atom is -0.373 e. The number of nitrogens with one attached hydrogen (secondary N) is 1. The highest BCUT2D eigenvalue weighted by Gasteiger charge is 2.40. The molecule has 3 rings (SSSR count). The van der Waals surface area contributed by atoms with Crippen LogP contribution in [0, 0.1) is 5.82 Å². The molecule has 1 unspecified atom stereocenters. The average molecular weight is 312 g/mol. The Morgan fingerprint density at radius 2 is 1.83 bits per heavy atom. The molecule has 0 aromatic heterocycles. The number of benzene rings is 2. The van der Waals surface area contributed by atoms with Crippen LogP contribution in [0.4, 0.5) is 15.8 Å². The van der Waals surface area contributed by atoms with Crippen LogP contribution < -0.4 is 10.2 Å². The first-order valence-corrected chi connectivity index (χ1v) is 7.57. The van der Waals surface area contributed by atoms with E-state index in [4.69, 9.17) is 0 Å². The second kappa shape index (κ2) is 6.20. The first kappa shape index (κ1) is 15.2. The van der Waals surface area contributed by atoms with Crippen molar-refractivity contribution in [1.29, 1.82) is 0 Å². The predicted octanol–water partition coefficient (Wildman–Crippen LogP) is 3.13. The van der Waals surface area contributed by atoms with Crippen molar-refractivity contribution in [2.45, 2.75) is 25.8 Å². The van der Waals surface area contributed by atoms with Gasteiger partial charge < -0.3 is 5.32 Å². The smallest absolute Gasteiger partial charge is 0.256 e. The number of para-hydroxylation sites is 2. The zero-order valence-electron chi connectivity index (χ0n) is 12.8. The number of carbonyl (C=O) groups excluding carboxylic acids is 2. The molecule has 23 heavy (non-hydrogen) atoms. The van der Waals surface area contributed by atoms with Crippen LogP contribution in [-0.2, 0) is 16.0 Å². The third-order valence-electron chi connectivity index (χ3n) is 3.97. The molecule has 2 aromatic rings. The second-order valence-corrected chi connectivity index (χ2v) is 5.43. The molecule has 4 nitrogen and oxygen atoms in total. The van der Waals surface area contributed by atoms with Crippen molar-refractivity contribution in [1.82, 2.24) is 0 Å². The summed E-state index contributed by atoms with van der Waals surface area (Å²) in [6, 6.07) is 12.8. The van der Waals surface area contributed by atoms with Crippen LogP contribution in [0.2, 0.25) is 0 Å². The number of hydrogen-bond donors (Lipinski definition) is 1. The number of aryl methyl sites for hydroxylation is 1. The van der Waals surface area contributed by atoms with Gasteiger partial charge in [-0.3, -0.25) is 9.59 Å². The topological polar surface area (TPSA) is 49.4 Å². The van der Waals surface area contributed by atoms with Crippen LogP contribution in [0.1, 0.15) is 18.9 Å². The molecular weight excluding hydrogens is 295 g/mol. The Kier molecular flexibility index (Phi) is 4.10. The fourth-order valence-corrected chi connectivity index (χ4v) is 2.79. The van der Waals surface area contributed by atoms with Crippen molar-refractivity contribution < 1.29 is 14.0 Å². The van der Waals surface area contributed by atoms with Crippen molar-refractivity contribution in [3.8, 4) is 0 Å². The summed E-state index contributed by atoms with van der Waals surface area (Å²) < 4.78 is 13.9. The number of rotatable bonds is 4. The Morgan fingerprint density at radius 3 is 2.57 bits per heavy atom. The number of halogens is 1. The minimum atomic E-state index is -0.671. The summed E-state index contributed by atoms with van der Waals surface area (Å²) in [7, 11) is 0. The summed E-state index contributed by atoms with van der Waals surface area (Å²) >= 11 is 0. The summed E-state index contributed by atoms with van der Waals surface area (Å²) in [6.07, 6.45) is 0.834. The van der Waals surface area contributed by atoms with E-state index in [-0.39, 0.29) is 12.1 Å². The maximum atomic E-state index is 13.9. The second-order valence-electron chi connectivity index (χ2n) is 5.43. The van der Waals surface area contributed by atoms with E-state index in [2.05, 4.69) is 5.32 Å². The molecule has 0 spiro atoms. The van der Waals surface area contributed by atoms with Crippen LogP contribution in [-0.4, -0.2) is 17.9 Å². The summed E-state index contributed by atoms with van der Waals surface area (Å²) in [6.45, 7) is 2.02. The lowest BCUT2D eigenvalue weighted by atomic mass is 10.1. The molecular formula is C18H17FN2O2. The molecule has 118 valence electrons. The van der Waals surface area contributed by atoms with Crippen LogP contribution >= 0.6 is 0 Å². The third kappa shape index (κ3) is 2.82. The van der Waals surface area contributed by atoms with Gasteiger partial charge in [0, 0.05) is 5.69 Å². The van der Waals surface area contributed by atoms with Crippen LogP contribution in [0.25, 0.3) is 0 Å². The normalized spacial score (nSPS) is 17.7. The Labute approximate surface area is 133 Å². The number of imide groups is 1. The monoisotopic (exact) mass is 312 g/mol. The summed E-state index contributed by atoms with van der Waals surface area (Å²) in [5.41, 5.74) is 1.91. The number of nitrogens with zero attached hydrogens (tertiary/aromatic N) is 1. The van der Waals surface area contributed by atoms with E-state index >= 15 is 0 Å². The van der Waals surface area contributed by atoms with Crippen molar-refractivity contribution in [2.75, 3.05) is 10.2 Å². The lowest BCUT2D eigenvalue weighted by Crippen LogP contribution is -2.35. The van der Waals surface area contributed by atoms with E-state index < -0.39 is 23.7 Å². The van der Waals surface area contributed by atoms with Gasteiger partial charge in [-0.1, -0.05) is 37.3 Å². The van der Waals surface area contributed by atoms with Gasteiger partial charge in [0.25, 0.3) is 5.91 Å². The standard InChI is InChI=1S/C18H17FN2O2/c1-2-12-7-3-5-9-14(12)20-15-11-17(22)21(18(15)23)16-10-6-4-8-13(16)19/h3-10,15,20H,2,11H2,1H3. The van der Waals surface area contributed by atoms with Gasteiger partial charge >= 0.3 is 0 Å². The van der Waals surface area contributed by atoms with Crippen molar-refractivity contribution in [3.63, 3.8) is 0 Å². The van der Waals surface area contributed by atoms with Crippen molar-refractivity contribution >= 4 is 23.2 Å². The van der Waals surface area contributed by atoms with Gasteiger partial charge in [0.15, 0.2) is 0 Å². The molecule has 1 heterocycles. The minimum absolute atomic E-state index is 0.00979. The predicted molar refractivity (Wildman–Crippen MR) is 86.7 cm³/mol. The molecule has 2 amide bonds. The SMILES string of the molecule is CCc1ccccc1NC1CC(=O)N(c2ccccc2F)C1=O. The summed E-state index contributed by atoms with van der Waals surface area (Å²) in [4.78, 5) is 25.7. The average Bonchev–Trinajstić information content (AvgIpc) is 2.83. The lowest BCUT2D eigenvalue weighted by molar-refractivity contribution is -0.121. The Balaban J connectivity index is 1.86. The molecule has 1 aliphatic heterocycles. The number of anilines is 2. The van der Waals surface area contributed by atoms with E-state index in [1.165, 1.54) is 18.2 Å². The molecule has 1 saturated heterocycles. The molecule has 0 saturated carbocycles. The fourth-order valence-electron chi connectivity index (χ4n) is 2.79. The molecule has 1 aliphatic rings. The van der Waals surface area contributed by atoms with Gasteiger partial charge in [0.1, 0.15) is 11.9 Å². The Morgan fingerprint density at radius 1 is 1.13 bits per heavy atom. The molecule has 1 fully saturated rings. The maximum Gasteiger partial charge on any atom is 0.256 e. The van der Waals surface area contributed by atoms with Gasteiger partial charge in [-0.05, 0) is 30.2 Å². The molecule has 2 aromatic carbocycles. The Bertz CT molecular complexity index is 760. The molecule has 1 atom stereocenters. The van der Waals surface area contributed by atoms with Gasteiger partial charge in [-0.2, -0.15) is 0 Å². The molecule has 1 N–H and O–H groups in total. The molecule has 0 radical (unpaired) electrons. The van der Waals surface area contributed by atoms with E-state index in [0.29, 0.717) is 0 Å². The molecule has 0 aliphatic carbocycles. The van der Waals surface area contributed by atoms with Gasteiger partial charge in [0.2, 0.25) is 5.91 Å². The number of carbonyl (C=O) groups is 2. The van der Waals surface area contributed by atoms with Crippen LogP contribution in [0.3, 0.4) is 0 Å². The molecule has 0 bridgehead atoms. The first-order chi connectivity index (χ1) is 11.1. The Hall–Kier alpha value is -2.69. The zero-order valence-corrected chi connectivity index (χ0v) is 12.8. The van der Waals surface area contributed by atoms with Crippen molar-refractivity contribution in [3.05, 3.63) is 59.9 Å². The quantitative estimate of drug-likeness (QED) is 0.882. The number of amides is 2. The number of hydrogen-bond acceptors (Lipinski definition) is 3. The van der Waals surface area contributed by atoms with Gasteiger partial charge in [-0.15, -0.1) is 0 Å². The van der Waals surface area contributed by atoms with Crippen LogP contribution in [0.15, 0.2) is 48.5 Å². The zero-order chi connectivity index (χ0) is 16.4. The van der Waals surface area contributed by atoms with Gasteiger partial charge in [-0.25, -0.2) is 9.29 Å². The highest BCUT2D eigenvalue weighted by molar-refractivity contribution is 6.23. The van der Waals surface area contributed by atoms with E-state index in [9.17, 15) is 14.0 Å². The third-order valence-corrected chi connectivity index (χ3v) is 3.97. The lowest BCUT2D eigenvalue weighted by Gasteiger charge is -2.17. The van der Waals surface area contributed by atoms with Crippen LogP contribution in [0.5, 0.6) is 0 Å². The van der Waals surface area contributed by atoms with Gasteiger partial charge in [0.05, 0.1) is 12.1 Å². The van der Waals surface area contributed by atoms with E-state index in [1.54, 1.807) is 6.07 Å². The first-order valence-electron chi connectivity index (χ1n) is 7.57. The van der Waals surface area contributed by atoms with E-state index in [0.717, 1.165) is 22.6 Å². The highest BCUT2D eigenvalue weighted by Crippen LogP contribution is 2.27. The highest BCUT2D eigenvalue weighted by atomic mass is 19.1. The van der Waals surface area contributed by atoms with Crippen molar-refractivity contribution in [2.24, 2.45) is 0 Å². The summed E-state index contributed by atoms with van der Waals surface area (Å²) in [5.74, 6) is -1.40.